The van der Waals surface area contributed by atoms with Gasteiger partial charge >= 0.3 is 0 Å². The molecule has 0 saturated heterocycles. The molecule has 0 unspecified atom stereocenters. The van der Waals surface area contributed by atoms with Gasteiger partial charge in [-0.2, -0.15) is 0 Å². The second-order valence-corrected chi connectivity index (χ2v) is 5.66. The van der Waals surface area contributed by atoms with Crippen LogP contribution in [0.3, 0.4) is 0 Å². The summed E-state index contributed by atoms with van der Waals surface area (Å²) in [4.78, 5) is 26.2. The Hall–Kier alpha value is -2.28. The summed E-state index contributed by atoms with van der Waals surface area (Å²) in [5.41, 5.74) is 2.43. The predicted octanol–water partition coefficient (Wildman–Crippen LogP) is 2.12. The highest BCUT2D eigenvalue weighted by molar-refractivity contribution is 7.07. The maximum absolute atomic E-state index is 12.2. The van der Waals surface area contributed by atoms with Crippen molar-refractivity contribution in [2.24, 2.45) is 0 Å². The third kappa shape index (κ3) is 3.67. The van der Waals surface area contributed by atoms with E-state index in [1.54, 1.807) is 14.0 Å². The summed E-state index contributed by atoms with van der Waals surface area (Å²) in [6.07, 6.45) is 0.830. The minimum absolute atomic E-state index is 0.0196. The van der Waals surface area contributed by atoms with Crippen molar-refractivity contribution in [3.63, 3.8) is 0 Å². The molecule has 0 saturated carbocycles. The summed E-state index contributed by atoms with van der Waals surface area (Å²) in [7, 11) is 1.59. The van der Waals surface area contributed by atoms with E-state index in [1.807, 2.05) is 31.2 Å². The Morgan fingerprint density at radius 1 is 1.32 bits per heavy atom. The summed E-state index contributed by atoms with van der Waals surface area (Å²) >= 11 is 1.04. The average Bonchev–Trinajstić information content (AvgIpc) is 2.93. The van der Waals surface area contributed by atoms with Gasteiger partial charge in [-0.15, -0.1) is 5.10 Å². The van der Waals surface area contributed by atoms with Crippen LogP contribution in [0.2, 0.25) is 0 Å². The summed E-state index contributed by atoms with van der Waals surface area (Å²) in [6.45, 7) is 3.73. The SMILES string of the molecule is CCc1ccccc1NC(=O)CN(C)C(=O)c1snnc1C. The first-order valence-corrected chi connectivity index (χ1v) is 7.72. The number of aryl methyl sites for hydroxylation is 2. The Morgan fingerprint density at radius 2 is 2.05 bits per heavy atom. The normalized spacial score (nSPS) is 10.3. The highest BCUT2D eigenvalue weighted by atomic mass is 32.1. The average molecular weight is 318 g/mol. The van der Waals surface area contributed by atoms with E-state index in [9.17, 15) is 9.59 Å². The number of aromatic nitrogens is 2. The van der Waals surface area contributed by atoms with Crippen molar-refractivity contribution in [1.82, 2.24) is 14.5 Å². The zero-order valence-corrected chi connectivity index (χ0v) is 13.6. The zero-order valence-electron chi connectivity index (χ0n) is 12.8. The molecule has 0 fully saturated rings. The molecule has 7 heteroatoms. The largest absolute Gasteiger partial charge is 0.332 e. The van der Waals surface area contributed by atoms with Gasteiger partial charge in [-0.05, 0) is 36.5 Å². The monoisotopic (exact) mass is 318 g/mol. The van der Waals surface area contributed by atoms with Crippen molar-refractivity contribution in [3.8, 4) is 0 Å². The van der Waals surface area contributed by atoms with Crippen molar-refractivity contribution in [3.05, 3.63) is 40.4 Å². The van der Waals surface area contributed by atoms with Crippen LogP contribution in [0.5, 0.6) is 0 Å². The minimum Gasteiger partial charge on any atom is -0.332 e. The Balaban J connectivity index is 2.00. The Bertz CT molecular complexity index is 684. The van der Waals surface area contributed by atoms with Crippen LogP contribution >= 0.6 is 11.5 Å². The fraction of sp³-hybridized carbons (Fsp3) is 0.333. The van der Waals surface area contributed by atoms with Crippen molar-refractivity contribution in [1.29, 1.82) is 0 Å². The zero-order chi connectivity index (χ0) is 16.1. The number of hydrogen-bond donors (Lipinski definition) is 1. The molecule has 0 aliphatic rings. The van der Waals surface area contributed by atoms with E-state index in [0.717, 1.165) is 29.2 Å². The lowest BCUT2D eigenvalue weighted by Crippen LogP contribution is -2.35. The van der Waals surface area contributed by atoms with Gasteiger partial charge in [0.2, 0.25) is 5.91 Å². The number of benzene rings is 1. The molecule has 2 amide bonds. The van der Waals surface area contributed by atoms with E-state index >= 15 is 0 Å². The molecular weight excluding hydrogens is 300 g/mol. The Morgan fingerprint density at radius 3 is 2.68 bits per heavy atom. The smallest absolute Gasteiger partial charge is 0.267 e. The van der Waals surface area contributed by atoms with Gasteiger partial charge in [0, 0.05) is 12.7 Å². The van der Waals surface area contributed by atoms with E-state index in [-0.39, 0.29) is 18.4 Å². The van der Waals surface area contributed by atoms with Crippen LogP contribution in [0.15, 0.2) is 24.3 Å². The number of rotatable bonds is 5. The standard InChI is InChI=1S/C15H18N4O2S/c1-4-11-7-5-6-8-12(11)16-13(20)9-19(3)15(21)14-10(2)17-18-22-14/h5-8H,4,9H2,1-3H3,(H,16,20). The van der Waals surface area contributed by atoms with E-state index in [1.165, 1.54) is 4.90 Å². The number of anilines is 1. The molecule has 0 aliphatic heterocycles. The number of carbonyl (C=O) groups excluding carboxylic acids is 2. The van der Waals surface area contributed by atoms with E-state index in [0.29, 0.717) is 10.6 Å². The van der Waals surface area contributed by atoms with Crippen molar-refractivity contribution in [2.75, 3.05) is 18.9 Å². The van der Waals surface area contributed by atoms with Crippen LogP contribution in [0.4, 0.5) is 5.69 Å². The number of nitrogens with zero attached hydrogens (tertiary/aromatic N) is 3. The number of amides is 2. The van der Waals surface area contributed by atoms with Gasteiger partial charge in [0.25, 0.3) is 5.91 Å². The number of para-hydroxylation sites is 1. The lowest BCUT2D eigenvalue weighted by Gasteiger charge is -2.16. The minimum atomic E-state index is -0.244. The van der Waals surface area contributed by atoms with Crippen LogP contribution in [-0.4, -0.2) is 39.9 Å². The first-order valence-electron chi connectivity index (χ1n) is 6.95. The van der Waals surface area contributed by atoms with E-state index in [2.05, 4.69) is 14.9 Å². The van der Waals surface area contributed by atoms with Crippen LogP contribution in [0, 0.1) is 6.92 Å². The molecule has 1 aromatic carbocycles. The summed E-state index contributed by atoms with van der Waals surface area (Å²) in [5, 5.41) is 6.66. The quantitative estimate of drug-likeness (QED) is 0.916. The number of carbonyl (C=O) groups is 2. The van der Waals surface area contributed by atoms with Gasteiger partial charge in [-0.1, -0.05) is 29.6 Å². The Kier molecular flexibility index (Phi) is 5.21. The molecular formula is C15H18N4O2S. The molecule has 6 nitrogen and oxygen atoms in total. The van der Waals surface area contributed by atoms with Crippen LogP contribution in [0.25, 0.3) is 0 Å². The molecule has 0 atom stereocenters. The lowest BCUT2D eigenvalue weighted by atomic mass is 10.1. The van der Waals surface area contributed by atoms with Gasteiger partial charge in [-0.3, -0.25) is 9.59 Å². The molecule has 1 N–H and O–H groups in total. The summed E-state index contributed by atoms with van der Waals surface area (Å²) < 4.78 is 3.74. The number of nitrogens with one attached hydrogen (secondary N) is 1. The highest BCUT2D eigenvalue weighted by Gasteiger charge is 2.19. The molecule has 0 spiro atoms. The van der Waals surface area contributed by atoms with Crippen molar-refractivity contribution in [2.45, 2.75) is 20.3 Å². The Labute approximate surface area is 133 Å². The molecule has 1 aromatic heterocycles. The maximum Gasteiger partial charge on any atom is 0.267 e. The molecule has 0 radical (unpaired) electrons. The molecule has 0 aliphatic carbocycles. The number of hydrogen-bond acceptors (Lipinski definition) is 5. The molecule has 0 bridgehead atoms. The van der Waals surface area contributed by atoms with Crippen molar-refractivity contribution < 1.29 is 9.59 Å². The molecule has 1 heterocycles. The van der Waals surface area contributed by atoms with Gasteiger partial charge in [0.1, 0.15) is 4.88 Å². The fourth-order valence-electron chi connectivity index (χ4n) is 2.03. The predicted molar refractivity (Wildman–Crippen MR) is 86.1 cm³/mol. The van der Waals surface area contributed by atoms with Gasteiger partial charge in [-0.25, -0.2) is 0 Å². The fourth-order valence-corrected chi connectivity index (χ4v) is 2.68. The lowest BCUT2D eigenvalue weighted by molar-refractivity contribution is -0.116. The third-order valence-electron chi connectivity index (χ3n) is 3.25. The van der Waals surface area contributed by atoms with Crippen LogP contribution in [-0.2, 0) is 11.2 Å². The summed E-state index contributed by atoms with van der Waals surface area (Å²) in [5.74, 6) is -0.474. The van der Waals surface area contributed by atoms with E-state index in [4.69, 9.17) is 0 Å². The van der Waals surface area contributed by atoms with Crippen LogP contribution in [0.1, 0.15) is 27.9 Å². The summed E-state index contributed by atoms with van der Waals surface area (Å²) in [6, 6.07) is 7.63. The van der Waals surface area contributed by atoms with Gasteiger partial charge in [0.15, 0.2) is 0 Å². The van der Waals surface area contributed by atoms with Crippen LogP contribution < -0.4 is 5.32 Å². The maximum atomic E-state index is 12.2. The number of likely N-dealkylation sites (N-methyl/N-ethyl adjacent to an activating group) is 1. The third-order valence-corrected chi connectivity index (χ3v) is 4.06. The van der Waals surface area contributed by atoms with E-state index < -0.39 is 0 Å². The van der Waals surface area contributed by atoms with Gasteiger partial charge in [0.05, 0.1) is 12.2 Å². The molecule has 116 valence electrons. The first kappa shape index (κ1) is 16.1. The molecule has 2 rings (SSSR count). The first-order chi connectivity index (χ1) is 10.5. The second kappa shape index (κ2) is 7.13. The molecule has 2 aromatic rings. The van der Waals surface area contributed by atoms with Gasteiger partial charge < -0.3 is 10.2 Å². The second-order valence-electron chi connectivity index (χ2n) is 4.91. The molecule has 22 heavy (non-hydrogen) atoms. The topological polar surface area (TPSA) is 75.2 Å². The van der Waals surface area contributed by atoms with Crippen molar-refractivity contribution >= 4 is 29.0 Å². The highest BCUT2D eigenvalue weighted by Crippen LogP contribution is 2.16.